The Morgan fingerprint density at radius 3 is 2.74 bits per heavy atom. The number of methoxy groups -OCH3 is 1. The quantitative estimate of drug-likeness (QED) is 0.712. The van der Waals surface area contributed by atoms with E-state index in [2.05, 4.69) is 10.0 Å². The molecule has 7 heteroatoms. The maximum absolute atomic E-state index is 12.0. The third kappa shape index (κ3) is 5.08. The van der Waals surface area contributed by atoms with Crippen LogP contribution in [0.4, 0.5) is 0 Å². The van der Waals surface area contributed by atoms with Crippen LogP contribution >= 0.6 is 11.6 Å². The second-order valence-electron chi connectivity index (χ2n) is 3.92. The molecular formula is C12H19ClN2O3S. The molecule has 0 aromatic heterocycles. The van der Waals surface area contributed by atoms with Crippen LogP contribution in [0.5, 0.6) is 0 Å². The largest absolute Gasteiger partial charge is 0.383 e. The summed E-state index contributed by atoms with van der Waals surface area (Å²) < 4.78 is 31.3. The Balaban J connectivity index is 2.88. The summed E-state index contributed by atoms with van der Waals surface area (Å²) in [4.78, 5) is 0.209. The van der Waals surface area contributed by atoms with Crippen LogP contribution < -0.4 is 10.0 Å². The molecule has 2 N–H and O–H groups in total. The van der Waals surface area contributed by atoms with Gasteiger partial charge in [-0.3, -0.25) is 0 Å². The fraction of sp³-hybridized carbons (Fsp3) is 0.500. The van der Waals surface area contributed by atoms with E-state index in [1.807, 2.05) is 6.92 Å². The van der Waals surface area contributed by atoms with E-state index in [0.29, 0.717) is 18.2 Å². The van der Waals surface area contributed by atoms with Crippen LogP contribution in [-0.4, -0.2) is 35.2 Å². The molecule has 1 aromatic rings. The lowest BCUT2D eigenvalue weighted by atomic mass is 10.2. The van der Waals surface area contributed by atoms with Crippen LogP contribution in [0.25, 0.3) is 0 Å². The van der Waals surface area contributed by atoms with Crippen molar-refractivity contribution < 1.29 is 13.2 Å². The monoisotopic (exact) mass is 306 g/mol. The number of nitrogens with one attached hydrogen (secondary N) is 2. The van der Waals surface area contributed by atoms with Crippen LogP contribution in [0.2, 0.25) is 5.02 Å². The van der Waals surface area contributed by atoms with Crippen LogP contribution in [0.1, 0.15) is 12.5 Å². The second-order valence-corrected chi connectivity index (χ2v) is 6.10. The van der Waals surface area contributed by atoms with Crippen LogP contribution in [0, 0.1) is 0 Å². The highest BCUT2D eigenvalue weighted by atomic mass is 35.5. The molecule has 0 aliphatic carbocycles. The smallest absolute Gasteiger partial charge is 0.240 e. The van der Waals surface area contributed by atoms with E-state index < -0.39 is 10.0 Å². The van der Waals surface area contributed by atoms with Gasteiger partial charge in [-0.1, -0.05) is 18.5 Å². The highest BCUT2D eigenvalue weighted by Gasteiger charge is 2.15. The first-order valence-corrected chi connectivity index (χ1v) is 7.85. The Hall–Kier alpha value is -0.660. The lowest BCUT2D eigenvalue weighted by Gasteiger charge is -2.10. The second kappa shape index (κ2) is 7.81. The number of rotatable bonds is 8. The Labute approximate surface area is 119 Å². The minimum Gasteiger partial charge on any atom is -0.383 e. The van der Waals surface area contributed by atoms with Crippen molar-refractivity contribution in [2.24, 2.45) is 0 Å². The van der Waals surface area contributed by atoms with Crippen molar-refractivity contribution in [1.29, 1.82) is 0 Å². The lowest BCUT2D eigenvalue weighted by Crippen LogP contribution is -2.27. The maximum atomic E-state index is 12.0. The van der Waals surface area contributed by atoms with Crippen LogP contribution in [0.15, 0.2) is 23.1 Å². The molecule has 0 atom stereocenters. The molecule has 0 radical (unpaired) electrons. The summed E-state index contributed by atoms with van der Waals surface area (Å²) in [5.41, 5.74) is 0.762. The number of halogens is 1. The molecule has 1 aromatic carbocycles. The normalized spacial score (nSPS) is 11.7. The first kappa shape index (κ1) is 16.4. The molecule has 5 nitrogen and oxygen atoms in total. The summed E-state index contributed by atoms with van der Waals surface area (Å²) in [5, 5.41) is 3.67. The summed E-state index contributed by atoms with van der Waals surface area (Å²) in [6.07, 6.45) is 0. The van der Waals surface area contributed by atoms with Gasteiger partial charge in [0.2, 0.25) is 10.0 Å². The maximum Gasteiger partial charge on any atom is 0.240 e. The Kier molecular flexibility index (Phi) is 6.74. The van der Waals surface area contributed by atoms with Gasteiger partial charge in [0.15, 0.2) is 0 Å². The van der Waals surface area contributed by atoms with E-state index in [1.165, 1.54) is 13.2 Å². The zero-order chi connectivity index (χ0) is 14.3. The number of hydrogen-bond acceptors (Lipinski definition) is 4. The third-order valence-electron chi connectivity index (χ3n) is 2.49. The minimum absolute atomic E-state index is 0.209. The van der Waals surface area contributed by atoms with E-state index in [0.717, 1.165) is 12.1 Å². The van der Waals surface area contributed by atoms with E-state index >= 15 is 0 Å². The molecule has 0 aliphatic rings. The standard InChI is InChI=1S/C12H19ClN2O3S/c1-3-14-9-10-8-11(4-5-12(10)13)19(16,17)15-6-7-18-2/h4-5,8,14-15H,3,6-7,9H2,1-2H3. The van der Waals surface area contributed by atoms with Crippen molar-refractivity contribution in [1.82, 2.24) is 10.0 Å². The molecule has 0 spiro atoms. The molecule has 0 saturated heterocycles. The average Bonchev–Trinajstić information content (AvgIpc) is 2.37. The predicted octanol–water partition coefficient (Wildman–Crippen LogP) is 1.37. The Bertz CT molecular complexity index is 506. The van der Waals surface area contributed by atoms with Crippen molar-refractivity contribution >= 4 is 21.6 Å². The van der Waals surface area contributed by atoms with E-state index in [4.69, 9.17) is 16.3 Å². The first-order chi connectivity index (χ1) is 9.01. The number of benzene rings is 1. The van der Waals surface area contributed by atoms with Gasteiger partial charge in [-0.25, -0.2) is 13.1 Å². The Morgan fingerprint density at radius 1 is 1.37 bits per heavy atom. The van der Waals surface area contributed by atoms with Crippen molar-refractivity contribution in [3.8, 4) is 0 Å². The fourth-order valence-electron chi connectivity index (χ4n) is 1.47. The van der Waals surface area contributed by atoms with E-state index in [-0.39, 0.29) is 11.4 Å². The molecule has 19 heavy (non-hydrogen) atoms. The highest BCUT2D eigenvalue weighted by Crippen LogP contribution is 2.20. The van der Waals surface area contributed by atoms with Gasteiger partial charge in [0, 0.05) is 25.2 Å². The summed E-state index contributed by atoms with van der Waals surface area (Å²) in [6, 6.07) is 4.67. The van der Waals surface area contributed by atoms with Gasteiger partial charge in [-0.15, -0.1) is 0 Å². The summed E-state index contributed by atoms with van der Waals surface area (Å²) >= 11 is 6.03. The molecule has 0 saturated carbocycles. The van der Waals surface area contributed by atoms with Gasteiger partial charge in [-0.2, -0.15) is 0 Å². The number of sulfonamides is 1. The zero-order valence-electron chi connectivity index (χ0n) is 11.1. The number of hydrogen-bond donors (Lipinski definition) is 2. The van der Waals surface area contributed by atoms with E-state index in [9.17, 15) is 8.42 Å². The summed E-state index contributed by atoms with van der Waals surface area (Å²) in [6.45, 7) is 3.87. The molecule has 108 valence electrons. The van der Waals surface area contributed by atoms with Crippen molar-refractivity contribution in [3.05, 3.63) is 28.8 Å². The van der Waals surface area contributed by atoms with Crippen molar-refractivity contribution in [3.63, 3.8) is 0 Å². The van der Waals surface area contributed by atoms with Crippen molar-refractivity contribution in [2.75, 3.05) is 26.8 Å². The average molecular weight is 307 g/mol. The zero-order valence-corrected chi connectivity index (χ0v) is 12.6. The molecule has 0 unspecified atom stereocenters. The minimum atomic E-state index is -3.51. The molecule has 0 heterocycles. The predicted molar refractivity (Wildman–Crippen MR) is 75.9 cm³/mol. The molecule has 0 fully saturated rings. The first-order valence-electron chi connectivity index (χ1n) is 5.99. The highest BCUT2D eigenvalue weighted by molar-refractivity contribution is 7.89. The Morgan fingerprint density at radius 2 is 2.11 bits per heavy atom. The van der Waals surface area contributed by atoms with Gasteiger partial charge in [0.05, 0.1) is 11.5 Å². The van der Waals surface area contributed by atoms with Gasteiger partial charge in [-0.05, 0) is 30.3 Å². The van der Waals surface area contributed by atoms with Gasteiger partial charge >= 0.3 is 0 Å². The summed E-state index contributed by atoms with van der Waals surface area (Å²) in [7, 11) is -1.99. The topological polar surface area (TPSA) is 67.4 Å². The molecular weight excluding hydrogens is 288 g/mol. The summed E-state index contributed by atoms with van der Waals surface area (Å²) in [5.74, 6) is 0. The van der Waals surface area contributed by atoms with E-state index in [1.54, 1.807) is 12.1 Å². The fourth-order valence-corrected chi connectivity index (χ4v) is 2.72. The van der Waals surface area contributed by atoms with Crippen molar-refractivity contribution in [2.45, 2.75) is 18.4 Å². The molecule has 0 amide bonds. The number of ether oxygens (including phenoxy) is 1. The lowest BCUT2D eigenvalue weighted by molar-refractivity contribution is 0.204. The van der Waals surface area contributed by atoms with Crippen LogP contribution in [-0.2, 0) is 21.3 Å². The van der Waals surface area contributed by atoms with Gasteiger partial charge in [0.25, 0.3) is 0 Å². The van der Waals surface area contributed by atoms with Gasteiger partial charge in [0.1, 0.15) is 0 Å². The third-order valence-corrected chi connectivity index (χ3v) is 4.32. The van der Waals surface area contributed by atoms with Crippen LogP contribution in [0.3, 0.4) is 0 Å². The van der Waals surface area contributed by atoms with Gasteiger partial charge < -0.3 is 10.1 Å². The molecule has 0 aliphatic heterocycles. The SMILES string of the molecule is CCNCc1cc(S(=O)(=O)NCCOC)ccc1Cl. The molecule has 1 rings (SSSR count). The molecule has 0 bridgehead atoms.